The highest BCUT2D eigenvalue weighted by molar-refractivity contribution is 8.02. The van der Waals surface area contributed by atoms with Gasteiger partial charge in [-0.1, -0.05) is 37.5 Å². The maximum absolute atomic E-state index is 13.8. The summed E-state index contributed by atoms with van der Waals surface area (Å²) in [4.78, 5) is 42.5. The number of aliphatic hydroxyl groups excluding tert-OH is 1. The normalized spacial score (nSPS) is 34.2. The summed E-state index contributed by atoms with van der Waals surface area (Å²) in [6.07, 6.45) is 6.91. The summed E-state index contributed by atoms with van der Waals surface area (Å²) in [6.45, 7) is 1.57. The smallest absolute Gasteiger partial charge is 0.244 e. The lowest BCUT2D eigenvalue weighted by Gasteiger charge is -2.37. The van der Waals surface area contributed by atoms with Crippen molar-refractivity contribution < 1.29 is 19.5 Å². The molecule has 3 heterocycles. The van der Waals surface area contributed by atoms with Crippen LogP contribution < -0.4 is 10.6 Å². The molecule has 0 aromatic heterocycles. The molecule has 3 saturated heterocycles. The highest BCUT2D eigenvalue weighted by Crippen LogP contribution is 2.66. The second kappa shape index (κ2) is 8.95. The minimum absolute atomic E-state index is 0.0271. The van der Waals surface area contributed by atoms with E-state index in [9.17, 15) is 19.5 Å². The number of amides is 3. The molecule has 6 atom stereocenters. The van der Waals surface area contributed by atoms with Crippen LogP contribution in [0.5, 0.6) is 0 Å². The van der Waals surface area contributed by atoms with Crippen LogP contribution in [0.2, 0.25) is 0 Å². The molecule has 8 heteroatoms. The van der Waals surface area contributed by atoms with E-state index in [0.29, 0.717) is 5.69 Å². The Morgan fingerprint density at radius 3 is 2.58 bits per heavy atom. The van der Waals surface area contributed by atoms with Crippen LogP contribution in [-0.2, 0) is 14.4 Å². The minimum Gasteiger partial charge on any atom is -0.394 e. The number of carbonyl (C=O) groups is 3. The van der Waals surface area contributed by atoms with Crippen LogP contribution in [0.25, 0.3) is 0 Å². The average molecular weight is 472 g/mol. The van der Waals surface area contributed by atoms with Crippen LogP contribution in [0.15, 0.2) is 30.3 Å². The lowest BCUT2D eigenvalue weighted by molar-refractivity contribution is -0.141. The van der Waals surface area contributed by atoms with E-state index in [1.165, 1.54) is 6.42 Å². The molecular formula is C25H33N3O4S. The number of nitrogens with one attached hydrogen (secondary N) is 2. The summed E-state index contributed by atoms with van der Waals surface area (Å²) in [6, 6.07) is 8.32. The van der Waals surface area contributed by atoms with Gasteiger partial charge in [-0.15, -0.1) is 11.8 Å². The number of thioether (sulfide) groups is 1. The number of nitrogens with zero attached hydrogens (tertiary/aromatic N) is 1. The SMILES string of the molecule is C[C@H](CO)N1C(=O)[C@@H]2[C@H](C(=O)Nc3ccccc3)[C@@H]3CCC2(S3)C1C(=O)NC1CCCCC1. The Labute approximate surface area is 199 Å². The molecule has 5 rings (SSSR count). The molecule has 1 saturated carbocycles. The monoisotopic (exact) mass is 471 g/mol. The van der Waals surface area contributed by atoms with E-state index in [1.54, 1.807) is 23.6 Å². The Hall–Kier alpha value is -2.06. The van der Waals surface area contributed by atoms with Crippen LogP contribution in [0.4, 0.5) is 5.69 Å². The molecule has 4 aliphatic rings. The molecule has 4 fully saturated rings. The fourth-order valence-electron chi connectivity index (χ4n) is 6.53. The van der Waals surface area contributed by atoms with Gasteiger partial charge in [-0.25, -0.2) is 0 Å². The van der Waals surface area contributed by atoms with Gasteiger partial charge in [0.25, 0.3) is 0 Å². The van der Waals surface area contributed by atoms with Gasteiger partial charge in [0.15, 0.2) is 0 Å². The second-order valence-corrected chi connectivity index (χ2v) is 11.6. The number of fused-ring (bicyclic) bond motifs is 1. The van der Waals surface area contributed by atoms with Crippen molar-refractivity contribution >= 4 is 35.2 Å². The van der Waals surface area contributed by atoms with Crippen molar-refractivity contribution in [2.24, 2.45) is 11.8 Å². The molecular weight excluding hydrogens is 438 g/mol. The zero-order valence-corrected chi connectivity index (χ0v) is 19.9. The number of carbonyl (C=O) groups excluding carboxylic acids is 3. The van der Waals surface area contributed by atoms with Crippen LogP contribution in [0, 0.1) is 11.8 Å². The summed E-state index contributed by atoms with van der Waals surface area (Å²) >= 11 is 1.66. The van der Waals surface area contributed by atoms with E-state index < -0.39 is 28.7 Å². The molecule has 33 heavy (non-hydrogen) atoms. The van der Waals surface area contributed by atoms with Gasteiger partial charge in [0.1, 0.15) is 6.04 Å². The molecule has 3 N–H and O–H groups in total. The van der Waals surface area contributed by atoms with Gasteiger partial charge >= 0.3 is 0 Å². The maximum atomic E-state index is 13.8. The fraction of sp³-hybridized carbons (Fsp3) is 0.640. The van der Waals surface area contributed by atoms with E-state index >= 15 is 0 Å². The number of hydrogen-bond donors (Lipinski definition) is 3. The van der Waals surface area contributed by atoms with E-state index in [1.807, 2.05) is 30.3 Å². The van der Waals surface area contributed by atoms with Gasteiger partial charge in [-0.3, -0.25) is 14.4 Å². The quantitative estimate of drug-likeness (QED) is 0.592. The number of anilines is 1. The zero-order valence-electron chi connectivity index (χ0n) is 19.0. The predicted octanol–water partition coefficient (Wildman–Crippen LogP) is 2.55. The van der Waals surface area contributed by atoms with Crippen LogP contribution in [-0.4, -0.2) is 62.5 Å². The average Bonchev–Trinajstić information content (AvgIpc) is 3.47. The molecule has 1 spiro atoms. The van der Waals surface area contributed by atoms with Crippen molar-refractivity contribution in [2.75, 3.05) is 11.9 Å². The van der Waals surface area contributed by atoms with E-state index in [0.717, 1.165) is 38.5 Å². The molecule has 1 aliphatic carbocycles. The fourth-order valence-corrected chi connectivity index (χ4v) is 8.73. The van der Waals surface area contributed by atoms with Crippen molar-refractivity contribution in [1.82, 2.24) is 10.2 Å². The Bertz CT molecular complexity index is 921. The topological polar surface area (TPSA) is 98.7 Å². The number of aliphatic hydroxyl groups is 1. The molecule has 7 nitrogen and oxygen atoms in total. The third kappa shape index (κ3) is 3.75. The van der Waals surface area contributed by atoms with E-state index in [-0.39, 0.29) is 35.6 Å². The minimum atomic E-state index is -0.649. The summed E-state index contributed by atoms with van der Waals surface area (Å²) in [7, 11) is 0. The molecule has 3 amide bonds. The third-order valence-electron chi connectivity index (χ3n) is 8.02. The van der Waals surface area contributed by atoms with Crippen molar-refractivity contribution in [3.05, 3.63) is 30.3 Å². The molecule has 2 bridgehead atoms. The Morgan fingerprint density at radius 1 is 1.15 bits per heavy atom. The Morgan fingerprint density at radius 2 is 1.88 bits per heavy atom. The first-order chi connectivity index (χ1) is 16.0. The van der Waals surface area contributed by atoms with Gasteiger partial charge in [0, 0.05) is 17.0 Å². The second-order valence-electron chi connectivity index (χ2n) is 10.0. The largest absolute Gasteiger partial charge is 0.394 e. The van der Waals surface area contributed by atoms with Crippen molar-refractivity contribution in [1.29, 1.82) is 0 Å². The van der Waals surface area contributed by atoms with Crippen LogP contribution in [0.1, 0.15) is 51.9 Å². The molecule has 178 valence electrons. The molecule has 1 aromatic carbocycles. The number of benzene rings is 1. The van der Waals surface area contributed by atoms with Gasteiger partial charge in [0.2, 0.25) is 17.7 Å². The van der Waals surface area contributed by atoms with Gasteiger partial charge in [-0.2, -0.15) is 0 Å². The Balaban J connectivity index is 1.44. The lowest BCUT2D eigenvalue weighted by atomic mass is 9.70. The number of hydrogen-bond acceptors (Lipinski definition) is 5. The molecule has 2 unspecified atom stereocenters. The van der Waals surface area contributed by atoms with Gasteiger partial charge in [-0.05, 0) is 44.7 Å². The molecule has 0 radical (unpaired) electrons. The van der Waals surface area contributed by atoms with Crippen LogP contribution in [0.3, 0.4) is 0 Å². The van der Waals surface area contributed by atoms with Gasteiger partial charge in [0.05, 0.1) is 29.2 Å². The molecule has 1 aromatic rings. The first-order valence-corrected chi connectivity index (χ1v) is 13.1. The lowest BCUT2D eigenvalue weighted by Crippen LogP contribution is -2.57. The summed E-state index contributed by atoms with van der Waals surface area (Å²) in [5.74, 6) is -1.44. The van der Waals surface area contributed by atoms with Crippen molar-refractivity contribution in [2.45, 2.75) is 80.0 Å². The first kappa shape index (κ1) is 22.7. The highest BCUT2D eigenvalue weighted by atomic mass is 32.2. The van der Waals surface area contributed by atoms with E-state index in [4.69, 9.17) is 0 Å². The molecule has 3 aliphatic heterocycles. The van der Waals surface area contributed by atoms with Crippen molar-refractivity contribution in [3.63, 3.8) is 0 Å². The number of para-hydroxylation sites is 1. The number of rotatable bonds is 6. The summed E-state index contributed by atoms with van der Waals surface area (Å²) < 4.78 is -0.609. The maximum Gasteiger partial charge on any atom is 0.244 e. The summed E-state index contributed by atoms with van der Waals surface area (Å²) in [5, 5.41) is 16.2. The third-order valence-corrected chi connectivity index (χ3v) is 9.97. The summed E-state index contributed by atoms with van der Waals surface area (Å²) in [5.41, 5.74) is 0.710. The van der Waals surface area contributed by atoms with Gasteiger partial charge < -0.3 is 20.6 Å². The first-order valence-electron chi connectivity index (χ1n) is 12.2. The van der Waals surface area contributed by atoms with E-state index in [2.05, 4.69) is 10.6 Å². The van der Waals surface area contributed by atoms with Crippen LogP contribution >= 0.6 is 11.8 Å². The van der Waals surface area contributed by atoms with Crippen molar-refractivity contribution in [3.8, 4) is 0 Å². The Kier molecular flexibility index (Phi) is 6.16. The predicted molar refractivity (Wildman–Crippen MR) is 128 cm³/mol. The number of likely N-dealkylation sites (tertiary alicyclic amines) is 1. The standard InChI is InChI=1S/C25H33N3O4S/c1-15(14-29)28-21(23(31)27-17-10-6-3-7-11-17)25-13-12-18(33-25)19(20(25)24(28)32)22(30)26-16-8-4-2-5-9-16/h2,4-5,8-9,15,17-21,29H,3,6-7,10-14H2,1H3,(H,26,30)(H,27,31)/t15-,18+,19-,20+,21?,25?/m1/s1. The zero-order chi connectivity index (χ0) is 23.2. The highest BCUT2D eigenvalue weighted by Gasteiger charge is 2.74.